The first kappa shape index (κ1) is 15.6. The first-order valence-corrected chi connectivity index (χ1v) is 5.75. The summed E-state index contributed by atoms with van der Waals surface area (Å²) in [5.41, 5.74) is 0.216. The number of nitrogens with one attached hydrogen (secondary N) is 1. The van der Waals surface area contributed by atoms with E-state index in [0.29, 0.717) is 5.56 Å². The van der Waals surface area contributed by atoms with E-state index in [1.165, 1.54) is 12.1 Å². The third-order valence-electron chi connectivity index (χ3n) is 2.43. The van der Waals surface area contributed by atoms with Gasteiger partial charge >= 0.3 is 5.97 Å². The SMILES string of the molecule is Cc1cccc([N+](=O)[O-])c1C(=O)NCCOCC(=O)O. The summed E-state index contributed by atoms with van der Waals surface area (Å²) in [6.07, 6.45) is 0. The van der Waals surface area contributed by atoms with Gasteiger partial charge in [0, 0.05) is 12.6 Å². The van der Waals surface area contributed by atoms with E-state index in [9.17, 15) is 19.7 Å². The summed E-state index contributed by atoms with van der Waals surface area (Å²) in [5.74, 6) is -1.69. The first-order valence-electron chi connectivity index (χ1n) is 5.75. The summed E-state index contributed by atoms with van der Waals surface area (Å²) in [6.45, 7) is 1.22. The van der Waals surface area contributed by atoms with Crippen molar-refractivity contribution in [3.05, 3.63) is 39.4 Å². The van der Waals surface area contributed by atoms with Crippen molar-refractivity contribution in [1.29, 1.82) is 0 Å². The monoisotopic (exact) mass is 282 g/mol. The van der Waals surface area contributed by atoms with Crippen LogP contribution in [0.2, 0.25) is 0 Å². The molecule has 0 atom stereocenters. The maximum atomic E-state index is 11.9. The first-order chi connectivity index (χ1) is 9.43. The smallest absolute Gasteiger partial charge is 0.329 e. The van der Waals surface area contributed by atoms with Gasteiger partial charge in [-0.05, 0) is 12.5 Å². The van der Waals surface area contributed by atoms with Gasteiger partial charge in [-0.2, -0.15) is 0 Å². The zero-order chi connectivity index (χ0) is 15.1. The largest absolute Gasteiger partial charge is 0.480 e. The Labute approximate surface area is 114 Å². The lowest BCUT2D eigenvalue weighted by atomic mass is 10.1. The molecule has 2 N–H and O–H groups in total. The summed E-state index contributed by atoms with van der Waals surface area (Å²) in [4.78, 5) is 32.3. The Morgan fingerprint density at radius 3 is 2.75 bits per heavy atom. The molecule has 0 unspecified atom stereocenters. The summed E-state index contributed by atoms with van der Waals surface area (Å²) in [6, 6.07) is 4.35. The number of carbonyl (C=O) groups excluding carboxylic acids is 1. The molecule has 108 valence electrons. The average Bonchev–Trinajstić information content (AvgIpc) is 2.37. The number of rotatable bonds is 7. The number of carboxylic acids is 1. The van der Waals surface area contributed by atoms with E-state index in [0.717, 1.165) is 0 Å². The minimum Gasteiger partial charge on any atom is -0.480 e. The molecule has 0 fully saturated rings. The third-order valence-corrected chi connectivity index (χ3v) is 2.43. The van der Waals surface area contributed by atoms with Crippen molar-refractivity contribution in [2.45, 2.75) is 6.92 Å². The number of carboxylic acid groups (broad SMARTS) is 1. The molecule has 1 amide bonds. The molecule has 0 aromatic heterocycles. The Morgan fingerprint density at radius 1 is 1.45 bits per heavy atom. The molecule has 0 saturated carbocycles. The van der Waals surface area contributed by atoms with Crippen LogP contribution in [0.15, 0.2) is 18.2 Å². The number of ether oxygens (including phenoxy) is 1. The standard InChI is InChI=1S/C12H14N2O6/c1-8-3-2-4-9(14(18)19)11(8)12(17)13-5-6-20-7-10(15)16/h2-4H,5-7H2,1H3,(H,13,17)(H,15,16). The van der Waals surface area contributed by atoms with Crippen molar-refractivity contribution in [3.63, 3.8) is 0 Å². The number of nitro benzene ring substituents is 1. The molecule has 1 aromatic rings. The molecule has 0 heterocycles. The number of nitro groups is 1. The number of hydrogen-bond donors (Lipinski definition) is 2. The van der Waals surface area contributed by atoms with Gasteiger partial charge in [-0.15, -0.1) is 0 Å². The van der Waals surface area contributed by atoms with Crippen LogP contribution < -0.4 is 5.32 Å². The minimum atomic E-state index is -1.11. The van der Waals surface area contributed by atoms with Crippen LogP contribution in [0.1, 0.15) is 15.9 Å². The van der Waals surface area contributed by atoms with Crippen LogP contribution in [0.25, 0.3) is 0 Å². The number of hydrogen-bond acceptors (Lipinski definition) is 5. The molecule has 0 bridgehead atoms. The number of aryl methyl sites for hydroxylation is 1. The summed E-state index contributed by atoms with van der Waals surface area (Å²) >= 11 is 0. The summed E-state index contributed by atoms with van der Waals surface area (Å²) < 4.78 is 4.74. The molecule has 1 aromatic carbocycles. The molecule has 0 spiro atoms. The van der Waals surface area contributed by atoms with Gasteiger partial charge in [0.1, 0.15) is 12.2 Å². The lowest BCUT2D eigenvalue weighted by Crippen LogP contribution is -2.29. The zero-order valence-electron chi connectivity index (χ0n) is 10.8. The maximum Gasteiger partial charge on any atom is 0.329 e. The van der Waals surface area contributed by atoms with Crippen molar-refractivity contribution in [1.82, 2.24) is 5.32 Å². The van der Waals surface area contributed by atoms with Crippen molar-refractivity contribution in [3.8, 4) is 0 Å². The molecule has 0 aliphatic heterocycles. The molecule has 20 heavy (non-hydrogen) atoms. The van der Waals surface area contributed by atoms with Gasteiger partial charge in [-0.3, -0.25) is 14.9 Å². The van der Waals surface area contributed by atoms with Crippen LogP contribution in [0.3, 0.4) is 0 Å². The second-order valence-corrected chi connectivity index (χ2v) is 3.93. The van der Waals surface area contributed by atoms with Crippen LogP contribution in [-0.2, 0) is 9.53 Å². The fraction of sp³-hybridized carbons (Fsp3) is 0.333. The van der Waals surface area contributed by atoms with E-state index in [1.54, 1.807) is 13.0 Å². The summed E-state index contributed by atoms with van der Waals surface area (Å²) in [7, 11) is 0. The number of nitrogens with zero attached hydrogens (tertiary/aromatic N) is 1. The minimum absolute atomic E-state index is 0.00395. The van der Waals surface area contributed by atoms with Crippen LogP contribution in [0.5, 0.6) is 0 Å². The third kappa shape index (κ3) is 4.32. The van der Waals surface area contributed by atoms with Gasteiger partial charge in [0.05, 0.1) is 11.5 Å². The molecule has 0 radical (unpaired) electrons. The van der Waals surface area contributed by atoms with Crippen LogP contribution in [0.4, 0.5) is 5.69 Å². The lowest BCUT2D eigenvalue weighted by Gasteiger charge is -2.08. The fourth-order valence-corrected chi connectivity index (χ4v) is 1.58. The van der Waals surface area contributed by atoms with Crippen molar-refractivity contribution >= 4 is 17.6 Å². The van der Waals surface area contributed by atoms with E-state index >= 15 is 0 Å². The van der Waals surface area contributed by atoms with E-state index in [4.69, 9.17) is 9.84 Å². The van der Waals surface area contributed by atoms with Gasteiger partial charge in [-0.25, -0.2) is 4.79 Å². The van der Waals surface area contributed by atoms with Crippen molar-refractivity contribution < 1.29 is 24.4 Å². The van der Waals surface area contributed by atoms with Gasteiger partial charge in [-0.1, -0.05) is 12.1 Å². The van der Waals surface area contributed by atoms with E-state index in [1.807, 2.05) is 0 Å². The lowest BCUT2D eigenvalue weighted by molar-refractivity contribution is -0.385. The molecule has 8 nitrogen and oxygen atoms in total. The topological polar surface area (TPSA) is 119 Å². The maximum absolute atomic E-state index is 11.9. The Hall–Kier alpha value is -2.48. The Kier molecular flexibility index (Phi) is 5.60. The molecule has 1 rings (SSSR count). The van der Waals surface area contributed by atoms with Crippen LogP contribution >= 0.6 is 0 Å². The second kappa shape index (κ2) is 7.19. The highest BCUT2D eigenvalue weighted by atomic mass is 16.6. The Bertz CT molecular complexity index is 529. The molecule has 0 saturated heterocycles. The number of aliphatic carboxylic acids is 1. The van der Waals surface area contributed by atoms with Gasteiger partial charge < -0.3 is 15.2 Å². The van der Waals surface area contributed by atoms with E-state index < -0.39 is 23.4 Å². The zero-order valence-corrected chi connectivity index (χ0v) is 10.8. The predicted molar refractivity (Wildman–Crippen MR) is 68.6 cm³/mol. The molecule has 0 aliphatic rings. The normalized spacial score (nSPS) is 10.1. The highest BCUT2D eigenvalue weighted by molar-refractivity contribution is 5.99. The van der Waals surface area contributed by atoms with Gasteiger partial charge in [0.25, 0.3) is 11.6 Å². The Balaban J connectivity index is 2.64. The Morgan fingerprint density at radius 2 is 2.15 bits per heavy atom. The number of carbonyl (C=O) groups is 2. The van der Waals surface area contributed by atoms with Gasteiger partial charge in [0.15, 0.2) is 0 Å². The van der Waals surface area contributed by atoms with Crippen molar-refractivity contribution in [2.24, 2.45) is 0 Å². The second-order valence-electron chi connectivity index (χ2n) is 3.93. The number of amides is 1. The fourth-order valence-electron chi connectivity index (χ4n) is 1.58. The van der Waals surface area contributed by atoms with Crippen molar-refractivity contribution in [2.75, 3.05) is 19.8 Å². The van der Waals surface area contributed by atoms with Gasteiger partial charge in [0.2, 0.25) is 0 Å². The predicted octanol–water partition coefficient (Wildman–Crippen LogP) is 0.734. The van der Waals surface area contributed by atoms with Crippen LogP contribution in [-0.4, -0.2) is 41.7 Å². The highest BCUT2D eigenvalue weighted by Crippen LogP contribution is 2.21. The average molecular weight is 282 g/mol. The highest BCUT2D eigenvalue weighted by Gasteiger charge is 2.21. The molecular formula is C12H14N2O6. The van der Waals surface area contributed by atoms with E-state index in [2.05, 4.69) is 5.32 Å². The molecule has 8 heteroatoms. The van der Waals surface area contributed by atoms with Crippen LogP contribution in [0, 0.1) is 17.0 Å². The quantitative estimate of drug-likeness (QED) is 0.432. The molecule has 0 aliphatic carbocycles. The molecular weight excluding hydrogens is 268 g/mol. The number of benzene rings is 1. The van der Waals surface area contributed by atoms with E-state index in [-0.39, 0.29) is 24.4 Å². The summed E-state index contributed by atoms with van der Waals surface area (Å²) in [5, 5.41) is 21.7.